The highest BCUT2D eigenvalue weighted by atomic mass is 16.5. The molecule has 0 saturated heterocycles. The molecule has 0 radical (unpaired) electrons. The second-order valence-electron chi connectivity index (χ2n) is 4.97. The first-order valence-electron chi connectivity index (χ1n) is 6.53. The van der Waals surface area contributed by atoms with Gasteiger partial charge in [-0.05, 0) is 25.6 Å². The van der Waals surface area contributed by atoms with Gasteiger partial charge in [-0.1, -0.05) is 17.7 Å². The fourth-order valence-corrected chi connectivity index (χ4v) is 2.42. The zero-order chi connectivity index (χ0) is 13.2. The standard InChI is InChI=1S/C14H18N4O/c1-10-3-4-13-11(5-10)6-12(19-13)8-18-9-16-14(17-18)7-15-2/h3-5,9,12,15H,6-8H2,1-2H3. The van der Waals surface area contributed by atoms with Gasteiger partial charge in [-0.25, -0.2) is 9.67 Å². The molecule has 5 nitrogen and oxygen atoms in total. The van der Waals surface area contributed by atoms with E-state index in [1.54, 1.807) is 6.33 Å². The quantitative estimate of drug-likeness (QED) is 0.898. The van der Waals surface area contributed by atoms with Crippen LogP contribution in [0.2, 0.25) is 0 Å². The van der Waals surface area contributed by atoms with E-state index in [1.807, 2.05) is 11.7 Å². The van der Waals surface area contributed by atoms with E-state index in [1.165, 1.54) is 11.1 Å². The SMILES string of the molecule is CNCc1ncn(CC2Cc3cc(C)ccc3O2)n1. The maximum Gasteiger partial charge on any atom is 0.164 e. The van der Waals surface area contributed by atoms with Crippen LogP contribution in [0.4, 0.5) is 0 Å². The van der Waals surface area contributed by atoms with Crippen LogP contribution in [-0.2, 0) is 19.5 Å². The number of nitrogens with zero attached hydrogens (tertiary/aromatic N) is 3. The summed E-state index contributed by atoms with van der Waals surface area (Å²) in [5, 5.41) is 7.45. The molecule has 2 aromatic rings. The van der Waals surface area contributed by atoms with Crippen LogP contribution in [0.5, 0.6) is 5.75 Å². The number of aryl methyl sites for hydroxylation is 1. The van der Waals surface area contributed by atoms with E-state index in [2.05, 4.69) is 40.5 Å². The van der Waals surface area contributed by atoms with Crippen LogP contribution in [0, 0.1) is 6.92 Å². The molecule has 0 aliphatic carbocycles. The number of hydrogen-bond acceptors (Lipinski definition) is 4. The van der Waals surface area contributed by atoms with Gasteiger partial charge >= 0.3 is 0 Å². The fourth-order valence-electron chi connectivity index (χ4n) is 2.42. The highest BCUT2D eigenvalue weighted by Crippen LogP contribution is 2.29. The minimum Gasteiger partial charge on any atom is -0.488 e. The van der Waals surface area contributed by atoms with Crippen LogP contribution < -0.4 is 10.1 Å². The number of hydrogen-bond donors (Lipinski definition) is 1. The van der Waals surface area contributed by atoms with Crippen LogP contribution in [0.3, 0.4) is 0 Å². The number of nitrogens with one attached hydrogen (secondary N) is 1. The molecule has 1 atom stereocenters. The van der Waals surface area contributed by atoms with Crippen molar-refractivity contribution in [2.75, 3.05) is 7.05 Å². The second kappa shape index (κ2) is 5.01. The van der Waals surface area contributed by atoms with E-state index < -0.39 is 0 Å². The maximum atomic E-state index is 5.93. The van der Waals surface area contributed by atoms with Crippen LogP contribution in [0.1, 0.15) is 17.0 Å². The van der Waals surface area contributed by atoms with Gasteiger partial charge in [0.25, 0.3) is 0 Å². The summed E-state index contributed by atoms with van der Waals surface area (Å²) in [5.74, 6) is 1.82. The highest BCUT2D eigenvalue weighted by molar-refractivity contribution is 5.40. The van der Waals surface area contributed by atoms with Crippen molar-refractivity contribution in [2.24, 2.45) is 0 Å². The Labute approximate surface area is 112 Å². The van der Waals surface area contributed by atoms with Crippen molar-refractivity contribution < 1.29 is 4.74 Å². The normalized spacial score (nSPS) is 17.3. The molecule has 100 valence electrons. The van der Waals surface area contributed by atoms with E-state index in [9.17, 15) is 0 Å². The van der Waals surface area contributed by atoms with E-state index in [4.69, 9.17) is 4.74 Å². The molecule has 2 heterocycles. The molecule has 0 fully saturated rings. The lowest BCUT2D eigenvalue weighted by Crippen LogP contribution is -2.21. The van der Waals surface area contributed by atoms with Gasteiger partial charge in [0.05, 0.1) is 13.1 Å². The average Bonchev–Trinajstić information content (AvgIpc) is 2.96. The van der Waals surface area contributed by atoms with Gasteiger partial charge in [-0.15, -0.1) is 0 Å². The zero-order valence-corrected chi connectivity index (χ0v) is 11.3. The van der Waals surface area contributed by atoms with Crippen molar-refractivity contribution in [3.8, 4) is 5.75 Å². The van der Waals surface area contributed by atoms with Crippen molar-refractivity contribution in [2.45, 2.75) is 32.5 Å². The average molecular weight is 258 g/mol. The molecule has 0 amide bonds. The molecule has 0 spiro atoms. The van der Waals surface area contributed by atoms with Crippen molar-refractivity contribution in [3.63, 3.8) is 0 Å². The summed E-state index contributed by atoms with van der Waals surface area (Å²) >= 11 is 0. The monoisotopic (exact) mass is 258 g/mol. The van der Waals surface area contributed by atoms with Crippen molar-refractivity contribution in [3.05, 3.63) is 41.5 Å². The Morgan fingerprint density at radius 2 is 2.37 bits per heavy atom. The number of rotatable bonds is 4. The highest BCUT2D eigenvalue weighted by Gasteiger charge is 2.23. The zero-order valence-electron chi connectivity index (χ0n) is 11.3. The number of ether oxygens (including phenoxy) is 1. The van der Waals surface area contributed by atoms with Crippen LogP contribution in [-0.4, -0.2) is 27.9 Å². The minimum absolute atomic E-state index is 0.154. The molecular weight excluding hydrogens is 240 g/mol. The van der Waals surface area contributed by atoms with E-state index in [-0.39, 0.29) is 6.10 Å². The predicted molar refractivity (Wildman–Crippen MR) is 72.1 cm³/mol. The first-order valence-corrected chi connectivity index (χ1v) is 6.53. The third-order valence-corrected chi connectivity index (χ3v) is 3.27. The Hall–Kier alpha value is -1.88. The molecule has 1 unspecified atom stereocenters. The lowest BCUT2D eigenvalue weighted by molar-refractivity contribution is 0.203. The van der Waals surface area contributed by atoms with Crippen LogP contribution >= 0.6 is 0 Å². The summed E-state index contributed by atoms with van der Waals surface area (Å²) in [4.78, 5) is 4.25. The van der Waals surface area contributed by atoms with Crippen LogP contribution in [0.25, 0.3) is 0 Å². The maximum absolute atomic E-state index is 5.93. The summed E-state index contributed by atoms with van der Waals surface area (Å²) in [7, 11) is 1.89. The molecule has 0 saturated carbocycles. The summed E-state index contributed by atoms with van der Waals surface area (Å²) in [6, 6.07) is 6.34. The first kappa shape index (κ1) is 12.2. The van der Waals surface area contributed by atoms with Gasteiger partial charge in [0, 0.05) is 6.42 Å². The van der Waals surface area contributed by atoms with Crippen molar-refractivity contribution in [1.82, 2.24) is 20.1 Å². The Bertz CT molecular complexity index is 579. The predicted octanol–water partition coefficient (Wildman–Crippen LogP) is 1.31. The molecular formula is C14H18N4O. The molecule has 1 aromatic carbocycles. The van der Waals surface area contributed by atoms with Gasteiger partial charge in [0.15, 0.2) is 5.82 Å². The Balaban J connectivity index is 1.66. The third-order valence-electron chi connectivity index (χ3n) is 3.27. The minimum atomic E-state index is 0.154. The van der Waals surface area contributed by atoms with Gasteiger partial charge in [-0.3, -0.25) is 0 Å². The Kier molecular flexibility index (Phi) is 3.21. The summed E-state index contributed by atoms with van der Waals surface area (Å²) in [6.07, 6.45) is 2.86. The van der Waals surface area contributed by atoms with Gasteiger partial charge in [0.1, 0.15) is 18.2 Å². The molecule has 1 aromatic heterocycles. The number of benzene rings is 1. The fraction of sp³-hybridized carbons (Fsp3) is 0.429. The number of aromatic nitrogens is 3. The number of fused-ring (bicyclic) bond motifs is 1. The molecule has 0 bridgehead atoms. The van der Waals surface area contributed by atoms with E-state index in [0.717, 1.165) is 24.5 Å². The summed E-state index contributed by atoms with van der Waals surface area (Å²) < 4.78 is 7.79. The Morgan fingerprint density at radius 3 is 3.21 bits per heavy atom. The first-order chi connectivity index (χ1) is 9.24. The van der Waals surface area contributed by atoms with Crippen molar-refractivity contribution >= 4 is 0 Å². The topological polar surface area (TPSA) is 52.0 Å². The summed E-state index contributed by atoms with van der Waals surface area (Å²) in [6.45, 7) is 3.54. The molecule has 1 aliphatic rings. The summed E-state index contributed by atoms with van der Waals surface area (Å²) in [5.41, 5.74) is 2.57. The Morgan fingerprint density at radius 1 is 1.47 bits per heavy atom. The van der Waals surface area contributed by atoms with Gasteiger partial charge in [-0.2, -0.15) is 5.10 Å². The molecule has 5 heteroatoms. The molecule has 19 heavy (non-hydrogen) atoms. The molecule has 1 N–H and O–H groups in total. The smallest absolute Gasteiger partial charge is 0.164 e. The lowest BCUT2D eigenvalue weighted by Gasteiger charge is -2.09. The molecule has 3 rings (SSSR count). The van der Waals surface area contributed by atoms with Gasteiger partial charge in [0.2, 0.25) is 0 Å². The van der Waals surface area contributed by atoms with Gasteiger partial charge < -0.3 is 10.1 Å². The van der Waals surface area contributed by atoms with Crippen molar-refractivity contribution in [1.29, 1.82) is 0 Å². The van der Waals surface area contributed by atoms with Crippen LogP contribution in [0.15, 0.2) is 24.5 Å². The molecule has 1 aliphatic heterocycles. The van der Waals surface area contributed by atoms with E-state index >= 15 is 0 Å². The third kappa shape index (κ3) is 2.61. The lowest BCUT2D eigenvalue weighted by atomic mass is 10.1. The van der Waals surface area contributed by atoms with E-state index in [0.29, 0.717) is 6.54 Å². The largest absolute Gasteiger partial charge is 0.488 e. The second-order valence-corrected chi connectivity index (χ2v) is 4.97.